The molecule has 23 heavy (non-hydrogen) atoms. The summed E-state index contributed by atoms with van der Waals surface area (Å²) < 4.78 is 8.70. The zero-order chi connectivity index (χ0) is 16.2. The van der Waals surface area contributed by atoms with Gasteiger partial charge in [0.2, 0.25) is 0 Å². The van der Waals surface area contributed by atoms with Crippen molar-refractivity contribution in [3.05, 3.63) is 23.3 Å². The van der Waals surface area contributed by atoms with Gasteiger partial charge in [0.25, 0.3) is 5.91 Å². The molecule has 0 saturated carbocycles. The summed E-state index contributed by atoms with van der Waals surface area (Å²) >= 11 is 1.57. The summed E-state index contributed by atoms with van der Waals surface area (Å²) in [6, 6.07) is 2.45. The Hall–Kier alpha value is -1.37. The summed E-state index contributed by atoms with van der Waals surface area (Å²) in [5.41, 5.74) is 0. The highest BCUT2D eigenvalue weighted by atomic mass is 32.1. The molecule has 1 amide bonds. The summed E-state index contributed by atoms with van der Waals surface area (Å²) in [5.74, 6) is 0.0456. The van der Waals surface area contributed by atoms with Crippen LogP contribution in [-0.2, 0) is 4.74 Å². The van der Waals surface area contributed by atoms with E-state index in [4.69, 9.17) is 4.74 Å². The van der Waals surface area contributed by atoms with Crippen LogP contribution in [0.5, 0.6) is 0 Å². The first-order valence-corrected chi connectivity index (χ1v) is 9.14. The van der Waals surface area contributed by atoms with E-state index in [1.165, 1.54) is 4.70 Å². The van der Waals surface area contributed by atoms with Crippen molar-refractivity contribution < 1.29 is 9.53 Å². The van der Waals surface area contributed by atoms with Gasteiger partial charge in [0, 0.05) is 43.5 Å². The number of amides is 1. The zero-order valence-electron chi connectivity index (χ0n) is 13.9. The average molecular weight is 335 g/mol. The third-order valence-corrected chi connectivity index (χ3v) is 5.29. The molecule has 1 saturated heterocycles. The maximum atomic E-state index is 12.2. The van der Waals surface area contributed by atoms with Gasteiger partial charge in [0.15, 0.2) is 0 Å². The van der Waals surface area contributed by atoms with Gasteiger partial charge in [-0.05, 0) is 32.9 Å². The van der Waals surface area contributed by atoms with Crippen LogP contribution in [0.25, 0.3) is 10.1 Å². The largest absolute Gasteiger partial charge is 0.379 e. The van der Waals surface area contributed by atoms with Gasteiger partial charge in [-0.2, -0.15) is 0 Å². The Morgan fingerprint density at radius 3 is 2.83 bits per heavy atom. The highest BCUT2D eigenvalue weighted by Crippen LogP contribution is 2.27. The van der Waals surface area contributed by atoms with E-state index in [0.29, 0.717) is 6.04 Å². The van der Waals surface area contributed by atoms with Crippen LogP contribution >= 0.6 is 11.3 Å². The quantitative estimate of drug-likeness (QED) is 0.826. The summed E-state index contributed by atoms with van der Waals surface area (Å²) in [6.45, 7) is 9.73. The first-order chi connectivity index (χ1) is 11.1. The molecule has 0 aliphatic carbocycles. The van der Waals surface area contributed by atoms with Crippen LogP contribution in [0.4, 0.5) is 0 Å². The second-order valence-corrected chi connectivity index (χ2v) is 7.38. The van der Waals surface area contributed by atoms with Gasteiger partial charge in [-0.15, -0.1) is 11.3 Å². The normalized spacial score (nSPS) is 16.3. The fraction of sp³-hybridized carbons (Fsp3) is 0.588. The summed E-state index contributed by atoms with van der Waals surface area (Å²) in [4.78, 5) is 15.4. The predicted octanol–water partition coefficient (Wildman–Crippen LogP) is 2.74. The molecule has 1 aliphatic rings. The van der Waals surface area contributed by atoms with Crippen molar-refractivity contribution in [2.45, 2.75) is 26.3 Å². The summed E-state index contributed by atoms with van der Waals surface area (Å²) in [5, 5.41) is 4.19. The molecule has 0 radical (unpaired) electrons. The minimum Gasteiger partial charge on any atom is -0.379 e. The zero-order valence-corrected chi connectivity index (χ0v) is 14.7. The molecule has 1 N–H and O–H groups in total. The third-order valence-electron chi connectivity index (χ3n) is 4.21. The number of hydrogen-bond acceptors (Lipinski definition) is 4. The van der Waals surface area contributed by atoms with Crippen molar-refractivity contribution in [3.8, 4) is 0 Å². The Morgan fingerprint density at radius 1 is 1.35 bits per heavy atom. The molecule has 1 fully saturated rings. The van der Waals surface area contributed by atoms with Crippen molar-refractivity contribution in [1.82, 2.24) is 14.8 Å². The number of morpholine rings is 1. The number of aromatic nitrogens is 1. The predicted molar refractivity (Wildman–Crippen MR) is 94.4 cm³/mol. The van der Waals surface area contributed by atoms with E-state index in [2.05, 4.69) is 41.0 Å². The number of carbonyl (C=O) groups excluding carboxylic acids is 1. The molecule has 126 valence electrons. The number of rotatable bonds is 6. The SMILES string of the molecule is CC(C)n1cc2cc(C(=O)NCCCN3CCOCC3)sc2c1. The molecule has 2 aromatic rings. The number of nitrogens with one attached hydrogen (secondary N) is 1. The monoisotopic (exact) mass is 335 g/mol. The van der Waals surface area contributed by atoms with E-state index < -0.39 is 0 Å². The van der Waals surface area contributed by atoms with Gasteiger partial charge in [0.05, 0.1) is 22.8 Å². The fourth-order valence-electron chi connectivity index (χ4n) is 2.78. The van der Waals surface area contributed by atoms with Crippen LogP contribution < -0.4 is 5.32 Å². The van der Waals surface area contributed by atoms with Gasteiger partial charge < -0.3 is 14.6 Å². The second kappa shape index (κ2) is 7.47. The third kappa shape index (κ3) is 4.13. The topological polar surface area (TPSA) is 46.5 Å². The van der Waals surface area contributed by atoms with E-state index in [0.717, 1.165) is 56.1 Å². The van der Waals surface area contributed by atoms with Crippen molar-refractivity contribution in [3.63, 3.8) is 0 Å². The minimum atomic E-state index is 0.0456. The lowest BCUT2D eigenvalue weighted by atomic mass is 10.3. The molecule has 6 heteroatoms. The maximum Gasteiger partial charge on any atom is 0.261 e. The van der Waals surface area contributed by atoms with Crippen LogP contribution in [0.3, 0.4) is 0 Å². The first kappa shape index (κ1) is 16.5. The molecule has 0 unspecified atom stereocenters. The molecular formula is C17H25N3O2S. The van der Waals surface area contributed by atoms with E-state index in [9.17, 15) is 4.79 Å². The number of fused-ring (bicyclic) bond motifs is 1. The Kier molecular flexibility index (Phi) is 5.35. The molecule has 0 aromatic carbocycles. The second-order valence-electron chi connectivity index (χ2n) is 6.29. The number of carbonyl (C=O) groups is 1. The maximum absolute atomic E-state index is 12.2. The van der Waals surface area contributed by atoms with Crippen LogP contribution in [0.1, 0.15) is 36.0 Å². The van der Waals surface area contributed by atoms with Crippen LogP contribution in [0.15, 0.2) is 18.5 Å². The van der Waals surface area contributed by atoms with Gasteiger partial charge in [-0.3, -0.25) is 9.69 Å². The lowest BCUT2D eigenvalue weighted by molar-refractivity contribution is 0.0374. The molecular weight excluding hydrogens is 310 g/mol. The van der Waals surface area contributed by atoms with Gasteiger partial charge in [-0.25, -0.2) is 0 Å². The Bertz CT molecular complexity index is 624. The van der Waals surface area contributed by atoms with Crippen molar-refractivity contribution in [2.24, 2.45) is 0 Å². The molecule has 0 bridgehead atoms. The lowest BCUT2D eigenvalue weighted by Crippen LogP contribution is -2.38. The number of nitrogens with zero attached hydrogens (tertiary/aromatic N) is 2. The first-order valence-electron chi connectivity index (χ1n) is 8.33. The fourth-order valence-corrected chi connectivity index (χ4v) is 3.77. The molecule has 3 heterocycles. The molecule has 0 spiro atoms. The standard InChI is InChI=1S/C17H25N3O2S/c1-13(2)20-11-14-10-15(23-16(14)12-20)17(21)18-4-3-5-19-6-8-22-9-7-19/h10-13H,3-9H2,1-2H3,(H,18,21). The molecule has 2 aromatic heterocycles. The van der Waals surface area contributed by atoms with Crippen LogP contribution in [0.2, 0.25) is 0 Å². The average Bonchev–Trinajstić information content (AvgIpc) is 3.11. The van der Waals surface area contributed by atoms with E-state index in [1.807, 2.05) is 6.07 Å². The van der Waals surface area contributed by atoms with Gasteiger partial charge in [-0.1, -0.05) is 0 Å². The van der Waals surface area contributed by atoms with Crippen molar-refractivity contribution >= 4 is 27.3 Å². The molecule has 5 nitrogen and oxygen atoms in total. The highest BCUT2D eigenvalue weighted by Gasteiger charge is 2.13. The lowest BCUT2D eigenvalue weighted by Gasteiger charge is -2.26. The molecule has 1 aliphatic heterocycles. The van der Waals surface area contributed by atoms with Gasteiger partial charge in [0.1, 0.15) is 0 Å². The summed E-state index contributed by atoms with van der Waals surface area (Å²) in [6.07, 6.45) is 5.22. The number of thiophene rings is 1. The highest BCUT2D eigenvalue weighted by molar-refractivity contribution is 7.20. The van der Waals surface area contributed by atoms with E-state index >= 15 is 0 Å². The Morgan fingerprint density at radius 2 is 2.13 bits per heavy atom. The molecule has 0 atom stereocenters. The number of hydrogen-bond donors (Lipinski definition) is 1. The summed E-state index contributed by atoms with van der Waals surface area (Å²) in [7, 11) is 0. The molecule has 3 rings (SSSR count). The minimum absolute atomic E-state index is 0.0456. The van der Waals surface area contributed by atoms with Crippen LogP contribution in [-0.4, -0.2) is 54.8 Å². The van der Waals surface area contributed by atoms with E-state index in [-0.39, 0.29) is 5.91 Å². The van der Waals surface area contributed by atoms with Crippen molar-refractivity contribution in [2.75, 3.05) is 39.4 Å². The Balaban J connectivity index is 1.47. The Labute approximate surface area is 141 Å². The smallest absolute Gasteiger partial charge is 0.261 e. The van der Waals surface area contributed by atoms with Crippen molar-refractivity contribution in [1.29, 1.82) is 0 Å². The van der Waals surface area contributed by atoms with E-state index in [1.54, 1.807) is 11.3 Å². The number of ether oxygens (including phenoxy) is 1. The van der Waals surface area contributed by atoms with Gasteiger partial charge >= 0.3 is 0 Å². The van der Waals surface area contributed by atoms with Crippen LogP contribution in [0, 0.1) is 0 Å².